The van der Waals surface area contributed by atoms with Gasteiger partial charge in [0.2, 0.25) is 11.8 Å². The molecule has 152 valence electrons. The molecule has 0 radical (unpaired) electrons. The van der Waals surface area contributed by atoms with Crippen LogP contribution in [0.3, 0.4) is 0 Å². The van der Waals surface area contributed by atoms with Gasteiger partial charge in [0.15, 0.2) is 11.5 Å². The second kappa shape index (κ2) is 9.14. The van der Waals surface area contributed by atoms with E-state index in [0.717, 1.165) is 16.7 Å². The normalized spacial score (nSPS) is 12.8. The standard InChI is InChI=1S/C22H24N2O5/c1-27-18-7-5-4-6-16(18)13-23-21(25)14-24-9-8-15-10-19(28-2)20(29-3)11-17(15)12-22(24)26/h4-11H,12-14H2,1-3H3,(H,23,25). The number of methoxy groups -OCH3 is 3. The third-order valence-electron chi connectivity index (χ3n) is 4.72. The Morgan fingerprint density at radius 1 is 1.03 bits per heavy atom. The quantitative estimate of drug-likeness (QED) is 0.778. The lowest BCUT2D eigenvalue weighted by Gasteiger charge is -2.17. The molecule has 0 unspecified atom stereocenters. The Kier molecular flexibility index (Phi) is 6.39. The lowest BCUT2D eigenvalue weighted by Crippen LogP contribution is -2.37. The molecule has 29 heavy (non-hydrogen) atoms. The second-order valence-corrected chi connectivity index (χ2v) is 6.51. The molecule has 1 N–H and O–H groups in total. The van der Waals surface area contributed by atoms with Gasteiger partial charge >= 0.3 is 0 Å². The van der Waals surface area contributed by atoms with Crippen molar-refractivity contribution >= 4 is 17.9 Å². The van der Waals surface area contributed by atoms with Gasteiger partial charge in [0.05, 0.1) is 27.8 Å². The van der Waals surface area contributed by atoms with Crippen molar-refractivity contribution in [3.05, 3.63) is 59.3 Å². The van der Waals surface area contributed by atoms with Crippen molar-refractivity contribution in [3.8, 4) is 17.2 Å². The molecule has 0 fully saturated rings. The molecule has 2 amide bonds. The second-order valence-electron chi connectivity index (χ2n) is 6.51. The zero-order valence-corrected chi connectivity index (χ0v) is 16.7. The smallest absolute Gasteiger partial charge is 0.240 e. The van der Waals surface area contributed by atoms with E-state index in [2.05, 4.69) is 5.32 Å². The first-order chi connectivity index (χ1) is 14.0. The molecule has 7 nitrogen and oxygen atoms in total. The molecule has 2 aromatic carbocycles. The van der Waals surface area contributed by atoms with Crippen LogP contribution in [0.5, 0.6) is 17.2 Å². The fourth-order valence-electron chi connectivity index (χ4n) is 3.16. The minimum absolute atomic E-state index is 0.0628. The summed E-state index contributed by atoms with van der Waals surface area (Å²) in [7, 11) is 4.70. The molecule has 0 aliphatic carbocycles. The van der Waals surface area contributed by atoms with Gasteiger partial charge in [0.25, 0.3) is 0 Å². The average molecular weight is 396 g/mol. The summed E-state index contributed by atoms with van der Waals surface area (Å²) < 4.78 is 15.9. The molecule has 0 saturated heterocycles. The molecule has 0 bridgehead atoms. The van der Waals surface area contributed by atoms with Crippen LogP contribution in [0.2, 0.25) is 0 Å². The van der Waals surface area contributed by atoms with Gasteiger partial charge in [0, 0.05) is 18.3 Å². The van der Waals surface area contributed by atoms with Crippen LogP contribution in [0, 0.1) is 0 Å². The summed E-state index contributed by atoms with van der Waals surface area (Å²) in [5.74, 6) is 1.44. The van der Waals surface area contributed by atoms with Crippen LogP contribution in [0.4, 0.5) is 0 Å². The van der Waals surface area contributed by atoms with Gasteiger partial charge in [-0.3, -0.25) is 9.59 Å². The number of carbonyl (C=O) groups excluding carboxylic acids is 2. The van der Waals surface area contributed by atoms with Crippen molar-refractivity contribution < 1.29 is 23.8 Å². The number of amides is 2. The SMILES string of the molecule is COc1ccccc1CNC(=O)CN1C=Cc2cc(OC)c(OC)cc2CC1=O. The van der Waals surface area contributed by atoms with Crippen LogP contribution in [0.15, 0.2) is 42.6 Å². The molecular formula is C22H24N2O5. The summed E-state index contributed by atoms with van der Waals surface area (Å²) >= 11 is 0. The first-order valence-corrected chi connectivity index (χ1v) is 9.17. The third-order valence-corrected chi connectivity index (χ3v) is 4.72. The van der Waals surface area contributed by atoms with Crippen molar-refractivity contribution in [2.24, 2.45) is 0 Å². The van der Waals surface area contributed by atoms with E-state index in [9.17, 15) is 9.59 Å². The Labute approximate surface area is 169 Å². The Morgan fingerprint density at radius 2 is 1.72 bits per heavy atom. The maximum absolute atomic E-state index is 12.6. The fourth-order valence-corrected chi connectivity index (χ4v) is 3.16. The average Bonchev–Trinajstić information content (AvgIpc) is 2.89. The van der Waals surface area contributed by atoms with Crippen LogP contribution >= 0.6 is 0 Å². The zero-order valence-electron chi connectivity index (χ0n) is 16.7. The van der Waals surface area contributed by atoms with Crippen molar-refractivity contribution in [1.82, 2.24) is 10.2 Å². The molecule has 3 rings (SSSR count). The van der Waals surface area contributed by atoms with E-state index < -0.39 is 0 Å². The third kappa shape index (κ3) is 4.68. The lowest BCUT2D eigenvalue weighted by atomic mass is 10.0. The molecule has 1 aliphatic heterocycles. The van der Waals surface area contributed by atoms with E-state index >= 15 is 0 Å². The number of hydrogen-bond donors (Lipinski definition) is 1. The van der Waals surface area contributed by atoms with Crippen LogP contribution in [-0.4, -0.2) is 44.6 Å². The van der Waals surface area contributed by atoms with Crippen LogP contribution < -0.4 is 19.5 Å². The fraction of sp³-hybridized carbons (Fsp3) is 0.273. The minimum atomic E-state index is -0.255. The van der Waals surface area contributed by atoms with Gasteiger partial charge in [0.1, 0.15) is 12.3 Å². The van der Waals surface area contributed by atoms with E-state index in [0.29, 0.717) is 23.8 Å². The number of nitrogens with zero attached hydrogens (tertiary/aromatic N) is 1. The Bertz CT molecular complexity index is 939. The summed E-state index contributed by atoms with van der Waals surface area (Å²) in [6, 6.07) is 11.1. The zero-order chi connectivity index (χ0) is 20.8. The van der Waals surface area contributed by atoms with E-state index in [1.165, 1.54) is 4.90 Å². The van der Waals surface area contributed by atoms with Crippen LogP contribution in [0.25, 0.3) is 6.08 Å². The summed E-state index contributed by atoms with van der Waals surface area (Å²) in [5, 5.41) is 2.83. The predicted octanol–water partition coefficient (Wildman–Crippen LogP) is 2.38. The number of para-hydroxylation sites is 1. The topological polar surface area (TPSA) is 77.1 Å². The maximum Gasteiger partial charge on any atom is 0.240 e. The number of rotatable bonds is 7. The number of hydrogen-bond acceptors (Lipinski definition) is 5. The van der Waals surface area contributed by atoms with E-state index in [1.807, 2.05) is 30.3 Å². The Morgan fingerprint density at radius 3 is 2.45 bits per heavy atom. The predicted molar refractivity (Wildman–Crippen MR) is 109 cm³/mol. The molecule has 1 aliphatic rings. The molecule has 2 aromatic rings. The number of benzene rings is 2. The molecular weight excluding hydrogens is 372 g/mol. The van der Waals surface area contributed by atoms with Crippen molar-refractivity contribution in [1.29, 1.82) is 0 Å². The molecule has 0 spiro atoms. The highest BCUT2D eigenvalue weighted by Gasteiger charge is 2.21. The highest BCUT2D eigenvalue weighted by Crippen LogP contribution is 2.32. The summed E-state index contributed by atoms with van der Waals surface area (Å²) in [6.07, 6.45) is 3.60. The van der Waals surface area contributed by atoms with Crippen LogP contribution in [0.1, 0.15) is 16.7 Å². The minimum Gasteiger partial charge on any atom is -0.496 e. The molecule has 7 heteroatoms. The van der Waals surface area contributed by atoms with Gasteiger partial charge in [-0.15, -0.1) is 0 Å². The Balaban J connectivity index is 1.67. The first-order valence-electron chi connectivity index (χ1n) is 9.17. The highest BCUT2D eigenvalue weighted by atomic mass is 16.5. The van der Waals surface area contributed by atoms with Gasteiger partial charge in [-0.05, 0) is 35.4 Å². The number of ether oxygens (including phenoxy) is 3. The molecule has 1 heterocycles. The highest BCUT2D eigenvalue weighted by molar-refractivity contribution is 5.89. The summed E-state index contributed by atoms with van der Waals surface area (Å²) in [6.45, 7) is 0.260. The van der Waals surface area contributed by atoms with Crippen molar-refractivity contribution in [2.75, 3.05) is 27.9 Å². The van der Waals surface area contributed by atoms with Crippen molar-refractivity contribution in [2.45, 2.75) is 13.0 Å². The maximum atomic E-state index is 12.6. The Hall–Kier alpha value is -3.48. The van der Waals surface area contributed by atoms with E-state index in [-0.39, 0.29) is 24.8 Å². The van der Waals surface area contributed by atoms with Gasteiger partial charge in [-0.1, -0.05) is 18.2 Å². The number of nitrogens with one attached hydrogen (secondary N) is 1. The largest absolute Gasteiger partial charge is 0.496 e. The van der Waals surface area contributed by atoms with Gasteiger partial charge < -0.3 is 24.4 Å². The monoisotopic (exact) mass is 396 g/mol. The molecule has 0 saturated carbocycles. The van der Waals surface area contributed by atoms with Crippen LogP contribution in [-0.2, 0) is 22.6 Å². The number of fused-ring (bicyclic) bond motifs is 1. The summed E-state index contributed by atoms with van der Waals surface area (Å²) in [5.41, 5.74) is 2.54. The van der Waals surface area contributed by atoms with E-state index in [4.69, 9.17) is 14.2 Å². The molecule has 0 atom stereocenters. The first kappa shape index (κ1) is 20.3. The van der Waals surface area contributed by atoms with E-state index in [1.54, 1.807) is 39.7 Å². The number of carbonyl (C=O) groups is 2. The lowest BCUT2D eigenvalue weighted by molar-refractivity contribution is -0.132. The van der Waals surface area contributed by atoms with Gasteiger partial charge in [-0.25, -0.2) is 0 Å². The molecule has 0 aromatic heterocycles. The van der Waals surface area contributed by atoms with Gasteiger partial charge in [-0.2, -0.15) is 0 Å². The van der Waals surface area contributed by atoms with Crippen molar-refractivity contribution in [3.63, 3.8) is 0 Å². The summed E-state index contributed by atoms with van der Waals surface area (Å²) in [4.78, 5) is 26.5.